The Balaban J connectivity index is 1.24. The lowest BCUT2D eigenvalue weighted by atomic mass is 9.86. The molecule has 1 aliphatic heterocycles. The van der Waals surface area contributed by atoms with Crippen LogP contribution in [0.15, 0.2) is 64.6 Å². The maximum absolute atomic E-state index is 12.4. The van der Waals surface area contributed by atoms with Crippen molar-refractivity contribution in [3.05, 3.63) is 82.6 Å². The molecule has 1 aromatic heterocycles. The molecule has 1 amide bonds. The van der Waals surface area contributed by atoms with Gasteiger partial charge in [0.2, 0.25) is 0 Å². The van der Waals surface area contributed by atoms with E-state index in [2.05, 4.69) is 44.9 Å². The van der Waals surface area contributed by atoms with Gasteiger partial charge in [-0.05, 0) is 80.3 Å². The lowest BCUT2D eigenvalue weighted by Crippen LogP contribution is -2.27. The normalized spacial score (nSPS) is 16.0. The third-order valence-electron chi connectivity index (χ3n) is 7.07. The molecule has 4 rings (SSSR count). The Hall–Kier alpha value is -3.98. The Morgan fingerprint density at radius 1 is 1.02 bits per heavy atom. The van der Waals surface area contributed by atoms with Crippen LogP contribution in [0.2, 0.25) is 0 Å². The highest BCUT2D eigenvalue weighted by Crippen LogP contribution is 2.27. The van der Waals surface area contributed by atoms with Crippen LogP contribution in [0.25, 0.3) is 11.0 Å². The highest BCUT2D eigenvalue weighted by Gasteiger charge is 2.30. The Kier molecular flexibility index (Phi) is 10.3. The minimum Gasteiger partial charge on any atom is -0.459 e. The second-order valence-corrected chi connectivity index (χ2v) is 11.9. The number of amides is 1. The molecule has 0 radical (unpaired) electrons. The van der Waals surface area contributed by atoms with E-state index in [9.17, 15) is 9.59 Å². The van der Waals surface area contributed by atoms with Gasteiger partial charge in [0.15, 0.2) is 0 Å². The monoisotopic (exact) mass is 555 g/mol. The molecule has 41 heavy (non-hydrogen) atoms. The second kappa shape index (κ2) is 14.1. The predicted octanol–water partition coefficient (Wildman–Crippen LogP) is 7.71. The number of benzene rings is 2. The number of alkyl carbamates (subject to hydrolysis) is 1. The molecule has 6 nitrogen and oxygen atoms in total. The van der Waals surface area contributed by atoms with Crippen LogP contribution < -0.4 is 5.32 Å². The fourth-order valence-electron chi connectivity index (χ4n) is 5.21. The molecule has 3 aromatic rings. The van der Waals surface area contributed by atoms with Crippen molar-refractivity contribution in [3.8, 4) is 11.8 Å². The molecule has 1 unspecified atom stereocenters. The van der Waals surface area contributed by atoms with Gasteiger partial charge in [-0.3, -0.25) is 0 Å². The van der Waals surface area contributed by atoms with Crippen molar-refractivity contribution >= 4 is 23.0 Å². The largest absolute Gasteiger partial charge is 0.459 e. The predicted molar refractivity (Wildman–Crippen MR) is 161 cm³/mol. The van der Waals surface area contributed by atoms with Crippen LogP contribution >= 0.6 is 0 Å². The second-order valence-electron chi connectivity index (χ2n) is 11.9. The zero-order valence-electron chi connectivity index (χ0n) is 24.8. The van der Waals surface area contributed by atoms with Crippen molar-refractivity contribution in [3.63, 3.8) is 0 Å². The molecule has 2 aromatic carbocycles. The summed E-state index contributed by atoms with van der Waals surface area (Å²) in [5.74, 6) is 8.45. The number of cyclic esters (lactones) is 1. The SMILES string of the molecule is Cc1ccc(C#Cc2ccc3oc(CNC(=O)OCC4C/C(=C\CC(CC(C)C)CC(C)C)C(=O)O4)cc3c2)cc1. The first-order valence-corrected chi connectivity index (χ1v) is 14.6. The first-order chi connectivity index (χ1) is 19.6. The number of nitrogens with one attached hydrogen (secondary N) is 1. The van der Waals surface area contributed by atoms with Crippen molar-refractivity contribution < 1.29 is 23.5 Å². The molecule has 0 aliphatic carbocycles. The Morgan fingerprint density at radius 2 is 1.71 bits per heavy atom. The number of carbonyl (C=O) groups is 2. The van der Waals surface area contributed by atoms with Crippen LogP contribution in [0.5, 0.6) is 0 Å². The molecule has 2 heterocycles. The average molecular weight is 556 g/mol. The maximum atomic E-state index is 12.4. The molecular weight excluding hydrogens is 514 g/mol. The summed E-state index contributed by atoms with van der Waals surface area (Å²) in [6.45, 7) is 11.2. The molecule has 1 aliphatic rings. The fraction of sp³-hybridized carbons (Fsp3) is 0.429. The Bertz CT molecular complexity index is 1420. The van der Waals surface area contributed by atoms with Crippen LogP contribution in [-0.2, 0) is 20.8 Å². The molecule has 0 bridgehead atoms. The maximum Gasteiger partial charge on any atom is 0.407 e. The van der Waals surface area contributed by atoms with Crippen LogP contribution in [0.1, 0.15) is 75.8 Å². The highest BCUT2D eigenvalue weighted by molar-refractivity contribution is 5.90. The summed E-state index contributed by atoms with van der Waals surface area (Å²) in [6, 6.07) is 15.7. The van der Waals surface area contributed by atoms with E-state index in [4.69, 9.17) is 13.9 Å². The van der Waals surface area contributed by atoms with E-state index in [1.54, 1.807) is 0 Å². The van der Waals surface area contributed by atoms with Gasteiger partial charge in [0.25, 0.3) is 0 Å². The zero-order valence-corrected chi connectivity index (χ0v) is 24.8. The first-order valence-electron chi connectivity index (χ1n) is 14.6. The number of ether oxygens (including phenoxy) is 2. The van der Waals surface area contributed by atoms with Gasteiger partial charge in [-0.15, -0.1) is 0 Å². The molecule has 6 heteroatoms. The smallest absolute Gasteiger partial charge is 0.407 e. The van der Waals surface area contributed by atoms with Gasteiger partial charge in [-0.1, -0.05) is 63.3 Å². The van der Waals surface area contributed by atoms with E-state index in [1.807, 2.05) is 61.5 Å². The van der Waals surface area contributed by atoms with Crippen molar-refractivity contribution in [1.29, 1.82) is 0 Å². The number of hydrogen-bond acceptors (Lipinski definition) is 5. The van der Waals surface area contributed by atoms with Crippen LogP contribution in [0.3, 0.4) is 0 Å². The summed E-state index contributed by atoms with van der Waals surface area (Å²) in [5.41, 5.74) is 4.45. The minimum absolute atomic E-state index is 0.0134. The van der Waals surface area contributed by atoms with Gasteiger partial charge in [-0.2, -0.15) is 0 Å². The molecule has 1 N–H and O–H groups in total. The lowest BCUT2D eigenvalue weighted by molar-refractivity contribution is -0.140. The standard InChI is InChI=1S/C35H41NO5/c1-23(2)16-28(17-24(3)4)12-14-29-19-32(41-34(29)37)22-39-35(38)36-21-31-20-30-18-27(13-15-33(30)40-31)11-10-26-8-6-25(5)7-9-26/h6-9,13-15,18,20,23-24,28,32H,12,16-17,19,21-22H2,1-5H3,(H,36,38)/b29-14+. The van der Waals surface area contributed by atoms with Crippen molar-refractivity contribution in [1.82, 2.24) is 5.32 Å². The summed E-state index contributed by atoms with van der Waals surface area (Å²) in [6.07, 6.45) is 4.58. The van der Waals surface area contributed by atoms with E-state index in [-0.39, 0.29) is 19.1 Å². The van der Waals surface area contributed by atoms with Gasteiger partial charge >= 0.3 is 12.1 Å². The summed E-state index contributed by atoms with van der Waals surface area (Å²) in [7, 11) is 0. The number of rotatable bonds is 10. The molecule has 1 atom stereocenters. The lowest BCUT2D eigenvalue weighted by Gasteiger charge is -2.19. The van der Waals surface area contributed by atoms with Crippen molar-refractivity contribution in [2.45, 2.75) is 73.0 Å². The molecule has 0 spiro atoms. The summed E-state index contributed by atoms with van der Waals surface area (Å²) in [4.78, 5) is 24.7. The van der Waals surface area contributed by atoms with Crippen LogP contribution in [0, 0.1) is 36.5 Å². The highest BCUT2D eigenvalue weighted by atomic mass is 16.6. The Labute approximate surface area is 243 Å². The number of fused-ring (bicyclic) bond motifs is 1. The summed E-state index contributed by atoms with van der Waals surface area (Å²) >= 11 is 0. The van der Waals surface area contributed by atoms with Crippen LogP contribution in [-0.4, -0.2) is 24.8 Å². The van der Waals surface area contributed by atoms with E-state index in [0.29, 0.717) is 35.5 Å². The Morgan fingerprint density at radius 3 is 2.41 bits per heavy atom. The molecular formula is C35H41NO5. The number of allylic oxidation sites excluding steroid dienone is 1. The summed E-state index contributed by atoms with van der Waals surface area (Å²) < 4.78 is 16.6. The molecule has 216 valence electrons. The zero-order chi connectivity index (χ0) is 29.4. The van der Waals surface area contributed by atoms with E-state index in [1.165, 1.54) is 5.56 Å². The third kappa shape index (κ3) is 9.28. The van der Waals surface area contributed by atoms with Crippen LogP contribution in [0.4, 0.5) is 4.79 Å². The topological polar surface area (TPSA) is 77.8 Å². The van der Waals surface area contributed by atoms with Gasteiger partial charge < -0.3 is 19.2 Å². The summed E-state index contributed by atoms with van der Waals surface area (Å²) in [5, 5.41) is 3.62. The van der Waals surface area contributed by atoms with Crippen molar-refractivity contribution in [2.75, 3.05) is 6.61 Å². The van der Waals surface area contributed by atoms with E-state index in [0.717, 1.165) is 41.4 Å². The molecule has 0 saturated carbocycles. The molecule has 1 saturated heterocycles. The number of carbonyl (C=O) groups excluding carboxylic acids is 2. The number of aryl methyl sites for hydroxylation is 1. The molecule has 1 fully saturated rings. The number of hydrogen-bond donors (Lipinski definition) is 1. The minimum atomic E-state index is -0.586. The average Bonchev–Trinajstić information content (AvgIpc) is 3.50. The van der Waals surface area contributed by atoms with Gasteiger partial charge in [0.05, 0.1) is 6.54 Å². The number of furan rings is 1. The van der Waals surface area contributed by atoms with E-state index >= 15 is 0 Å². The van der Waals surface area contributed by atoms with Gasteiger partial charge in [-0.25, -0.2) is 9.59 Å². The van der Waals surface area contributed by atoms with Crippen molar-refractivity contribution in [2.24, 2.45) is 17.8 Å². The van der Waals surface area contributed by atoms with Gasteiger partial charge in [0.1, 0.15) is 24.1 Å². The third-order valence-corrected chi connectivity index (χ3v) is 7.07. The number of esters is 1. The quantitative estimate of drug-likeness (QED) is 0.158. The van der Waals surface area contributed by atoms with Gasteiger partial charge in [0, 0.05) is 28.5 Å². The first kappa shape index (κ1) is 30.0. The fourth-order valence-corrected chi connectivity index (χ4v) is 5.21. The van der Waals surface area contributed by atoms with E-state index < -0.39 is 12.2 Å².